The summed E-state index contributed by atoms with van der Waals surface area (Å²) in [4.78, 5) is 24.4. The number of rotatable bonds is 7. The Morgan fingerprint density at radius 3 is 2.53 bits per heavy atom. The van der Waals surface area contributed by atoms with Gasteiger partial charge in [0.1, 0.15) is 17.3 Å². The molecular formula is C26H26F3N7O2. The zero-order chi connectivity index (χ0) is 26.8. The highest BCUT2D eigenvalue weighted by atomic mass is 19.3. The summed E-state index contributed by atoms with van der Waals surface area (Å²) in [5.74, 6) is -0.953. The topological polar surface area (TPSA) is 99.3 Å². The quantitative estimate of drug-likeness (QED) is 0.379. The molecule has 12 heteroatoms. The van der Waals surface area contributed by atoms with Crippen molar-refractivity contribution < 1.29 is 22.7 Å². The number of nitrogens with one attached hydrogen (secondary N) is 2. The van der Waals surface area contributed by atoms with E-state index in [9.17, 15) is 13.6 Å². The highest BCUT2D eigenvalue weighted by Gasteiger charge is 2.22. The summed E-state index contributed by atoms with van der Waals surface area (Å²) in [6.07, 6.45) is 3.22. The van der Waals surface area contributed by atoms with E-state index in [1.54, 1.807) is 26.2 Å². The van der Waals surface area contributed by atoms with Crippen LogP contribution in [0.2, 0.25) is 0 Å². The second-order valence-corrected chi connectivity index (χ2v) is 8.94. The third-order valence-corrected chi connectivity index (χ3v) is 6.49. The lowest BCUT2D eigenvalue weighted by Gasteiger charge is -2.35. The van der Waals surface area contributed by atoms with Crippen LogP contribution in [0, 0.1) is 5.82 Å². The van der Waals surface area contributed by atoms with E-state index in [-0.39, 0.29) is 29.5 Å². The van der Waals surface area contributed by atoms with E-state index < -0.39 is 12.4 Å². The van der Waals surface area contributed by atoms with Gasteiger partial charge in [-0.2, -0.15) is 13.9 Å². The largest absolute Gasteiger partial charge is 0.434 e. The molecule has 1 aromatic carbocycles. The van der Waals surface area contributed by atoms with E-state index in [1.807, 2.05) is 17.0 Å². The number of alkyl halides is 2. The average molecular weight is 526 g/mol. The van der Waals surface area contributed by atoms with Crippen molar-refractivity contribution in [3.8, 4) is 28.4 Å². The number of benzene rings is 1. The number of anilines is 1. The van der Waals surface area contributed by atoms with Crippen LogP contribution in [-0.2, 0) is 11.3 Å². The van der Waals surface area contributed by atoms with Crippen molar-refractivity contribution in [2.45, 2.75) is 20.1 Å². The number of halogens is 3. The number of piperazine rings is 1. The Balaban J connectivity index is 1.47. The molecule has 0 radical (unpaired) electrons. The van der Waals surface area contributed by atoms with Crippen LogP contribution in [0.15, 0.2) is 42.7 Å². The summed E-state index contributed by atoms with van der Waals surface area (Å²) in [5, 5.41) is 10.7. The van der Waals surface area contributed by atoms with Crippen LogP contribution in [-0.4, -0.2) is 70.8 Å². The van der Waals surface area contributed by atoms with E-state index in [4.69, 9.17) is 0 Å². The first-order valence-corrected chi connectivity index (χ1v) is 12.1. The van der Waals surface area contributed by atoms with Crippen molar-refractivity contribution in [2.24, 2.45) is 0 Å². The highest BCUT2D eigenvalue weighted by Crippen LogP contribution is 2.36. The lowest BCUT2D eigenvalue weighted by Crippen LogP contribution is -2.48. The summed E-state index contributed by atoms with van der Waals surface area (Å²) >= 11 is 0. The Morgan fingerprint density at radius 2 is 1.87 bits per heavy atom. The van der Waals surface area contributed by atoms with Crippen LogP contribution in [0.4, 0.5) is 18.9 Å². The molecule has 3 aromatic heterocycles. The van der Waals surface area contributed by atoms with E-state index in [1.165, 1.54) is 18.3 Å². The molecule has 1 amide bonds. The van der Waals surface area contributed by atoms with E-state index in [0.29, 0.717) is 54.0 Å². The van der Waals surface area contributed by atoms with Crippen molar-refractivity contribution in [1.29, 1.82) is 0 Å². The maximum Gasteiger partial charge on any atom is 0.387 e. The summed E-state index contributed by atoms with van der Waals surface area (Å²) in [6, 6.07) is 7.99. The molecule has 0 atom stereocenters. The number of H-pyrrole nitrogens is 1. The van der Waals surface area contributed by atoms with Crippen molar-refractivity contribution in [1.82, 2.24) is 30.4 Å². The maximum absolute atomic E-state index is 15.2. The van der Waals surface area contributed by atoms with Gasteiger partial charge in [-0.1, -0.05) is 0 Å². The normalized spacial score (nSPS) is 13.9. The van der Waals surface area contributed by atoms with Crippen LogP contribution >= 0.6 is 0 Å². The van der Waals surface area contributed by atoms with Gasteiger partial charge in [-0.15, -0.1) is 0 Å². The molecule has 0 unspecified atom stereocenters. The van der Waals surface area contributed by atoms with Crippen molar-refractivity contribution in [3.05, 3.63) is 54.1 Å². The van der Waals surface area contributed by atoms with Gasteiger partial charge in [-0.05, 0) is 42.9 Å². The molecule has 0 spiro atoms. The van der Waals surface area contributed by atoms with Crippen LogP contribution in [0.5, 0.6) is 5.75 Å². The number of hydrogen-bond acceptors (Lipinski definition) is 7. The summed E-state index contributed by atoms with van der Waals surface area (Å²) in [6.45, 7) is 1.45. The molecule has 0 bridgehead atoms. The zero-order valence-corrected chi connectivity index (χ0v) is 20.8. The average Bonchev–Trinajstić information content (AvgIpc) is 3.32. The van der Waals surface area contributed by atoms with E-state index >= 15 is 4.39 Å². The molecule has 1 aliphatic rings. The molecule has 0 saturated carbocycles. The number of nitrogens with zero attached hydrogens (tertiary/aromatic N) is 5. The van der Waals surface area contributed by atoms with Crippen molar-refractivity contribution in [2.75, 3.05) is 38.1 Å². The lowest BCUT2D eigenvalue weighted by atomic mass is 10.0. The van der Waals surface area contributed by atoms with Gasteiger partial charge in [0, 0.05) is 45.0 Å². The van der Waals surface area contributed by atoms with Gasteiger partial charge >= 0.3 is 6.61 Å². The lowest BCUT2D eigenvalue weighted by molar-refractivity contribution is -0.129. The molecule has 198 valence electrons. The fraction of sp³-hybridized carbons (Fsp3) is 0.308. The smallest absolute Gasteiger partial charge is 0.387 e. The monoisotopic (exact) mass is 525 g/mol. The number of carbonyl (C=O) groups excluding carboxylic acids is 1. The first-order valence-electron chi connectivity index (χ1n) is 12.1. The second kappa shape index (κ2) is 10.7. The number of hydrogen-bond donors (Lipinski definition) is 2. The van der Waals surface area contributed by atoms with Crippen molar-refractivity contribution in [3.63, 3.8) is 0 Å². The van der Waals surface area contributed by atoms with Crippen LogP contribution in [0.25, 0.3) is 33.5 Å². The molecule has 0 aliphatic carbocycles. The SMILES string of the molecule is CNCc1cc(F)c(-c2cc3c(-c4ccc(N5CCN(C(C)=O)CC5)cn4)n[nH]c3cn2)c(OC(F)F)c1. The van der Waals surface area contributed by atoms with Crippen LogP contribution in [0.3, 0.4) is 0 Å². The van der Waals surface area contributed by atoms with Gasteiger partial charge in [0.25, 0.3) is 0 Å². The minimum Gasteiger partial charge on any atom is -0.434 e. The number of pyridine rings is 2. The Morgan fingerprint density at radius 1 is 1.11 bits per heavy atom. The molecule has 9 nitrogen and oxygen atoms in total. The van der Waals surface area contributed by atoms with Gasteiger partial charge in [-0.25, -0.2) is 4.39 Å². The molecule has 1 aliphatic heterocycles. The molecule has 5 rings (SSSR count). The van der Waals surface area contributed by atoms with Gasteiger partial charge in [0.15, 0.2) is 0 Å². The molecule has 4 aromatic rings. The molecule has 1 fully saturated rings. The minimum atomic E-state index is -3.13. The van der Waals surface area contributed by atoms with Gasteiger partial charge in [-0.3, -0.25) is 19.9 Å². The fourth-order valence-electron chi connectivity index (χ4n) is 4.62. The predicted octanol–water partition coefficient (Wildman–Crippen LogP) is 3.82. The third-order valence-electron chi connectivity index (χ3n) is 6.49. The van der Waals surface area contributed by atoms with Gasteiger partial charge in [0.2, 0.25) is 5.91 Å². The first kappa shape index (κ1) is 25.5. The van der Waals surface area contributed by atoms with E-state index in [0.717, 1.165) is 5.69 Å². The third kappa shape index (κ3) is 5.12. The molecule has 2 N–H and O–H groups in total. The summed E-state index contributed by atoms with van der Waals surface area (Å²) < 4.78 is 46.1. The predicted molar refractivity (Wildman–Crippen MR) is 136 cm³/mol. The molecular weight excluding hydrogens is 499 g/mol. The number of fused-ring (bicyclic) bond motifs is 1. The second-order valence-electron chi connectivity index (χ2n) is 8.94. The standard InChI is InChI=1S/C26H26F3N7O2/c1-15(37)35-5-7-36(8-6-35)17-3-4-20(31-13-17)25-18-11-21(32-14-22(18)33-34-25)24-19(27)9-16(12-30-2)10-23(24)38-26(28)29/h3-4,9-11,13-14,26,30H,5-8,12H2,1-2H3,(H,33,34). The maximum atomic E-state index is 15.2. The van der Waals surface area contributed by atoms with Crippen LogP contribution in [0.1, 0.15) is 12.5 Å². The fourth-order valence-corrected chi connectivity index (χ4v) is 4.62. The Kier molecular flexibility index (Phi) is 7.14. The number of amides is 1. The van der Waals surface area contributed by atoms with Crippen molar-refractivity contribution >= 4 is 22.5 Å². The summed E-state index contributed by atoms with van der Waals surface area (Å²) in [7, 11) is 1.67. The number of ether oxygens (including phenoxy) is 1. The Hall–Kier alpha value is -4.19. The molecule has 1 saturated heterocycles. The number of carbonyl (C=O) groups is 1. The van der Waals surface area contributed by atoms with E-state index in [2.05, 4.69) is 35.1 Å². The molecule has 38 heavy (non-hydrogen) atoms. The minimum absolute atomic E-state index is 0.0686. The first-order chi connectivity index (χ1) is 18.3. The summed E-state index contributed by atoms with van der Waals surface area (Å²) in [5.41, 5.74) is 3.03. The van der Waals surface area contributed by atoms with Gasteiger partial charge < -0.3 is 19.9 Å². The van der Waals surface area contributed by atoms with Gasteiger partial charge in [0.05, 0.1) is 40.5 Å². The highest BCUT2D eigenvalue weighted by molar-refractivity contribution is 5.94. The Bertz CT molecular complexity index is 1450. The number of aromatic nitrogens is 4. The Labute approximate surface area is 216 Å². The van der Waals surface area contributed by atoms with Crippen LogP contribution < -0.4 is 15.0 Å². The molecule has 4 heterocycles. The number of aromatic amines is 1. The zero-order valence-electron chi connectivity index (χ0n) is 20.8.